The van der Waals surface area contributed by atoms with Crippen molar-refractivity contribution in [3.05, 3.63) is 18.2 Å². The van der Waals surface area contributed by atoms with Gasteiger partial charge in [-0.3, -0.25) is 4.79 Å². The van der Waals surface area contributed by atoms with Gasteiger partial charge in [0.2, 0.25) is 10.0 Å². The molecule has 2 aliphatic rings. The third-order valence-corrected chi connectivity index (χ3v) is 7.27. The van der Waals surface area contributed by atoms with Gasteiger partial charge >= 0.3 is 0 Å². The van der Waals surface area contributed by atoms with Gasteiger partial charge in [-0.25, -0.2) is 8.42 Å². The predicted molar refractivity (Wildman–Crippen MR) is 102 cm³/mol. The minimum atomic E-state index is -3.59. The number of nitrogens with zero attached hydrogens (tertiary/aromatic N) is 5. The first kappa shape index (κ1) is 19.1. The van der Waals surface area contributed by atoms with Crippen LogP contribution >= 0.6 is 0 Å². The Morgan fingerprint density at radius 1 is 1.21 bits per heavy atom. The zero-order valence-electron chi connectivity index (χ0n) is 16.0. The van der Waals surface area contributed by atoms with E-state index in [9.17, 15) is 13.2 Å². The number of benzene rings is 1. The molecule has 2 aromatic rings. The van der Waals surface area contributed by atoms with Gasteiger partial charge in [-0.15, -0.1) is 5.10 Å². The number of likely N-dealkylation sites (tertiary alicyclic amines) is 1. The molecular formula is C18H25N5O4S. The van der Waals surface area contributed by atoms with Crippen LogP contribution in [0, 0.1) is 5.92 Å². The zero-order valence-corrected chi connectivity index (χ0v) is 16.8. The van der Waals surface area contributed by atoms with E-state index in [1.54, 1.807) is 17.0 Å². The monoisotopic (exact) mass is 407 g/mol. The number of fused-ring (bicyclic) bond motifs is 1. The fraction of sp³-hybridized carbons (Fsp3) is 0.611. The lowest BCUT2D eigenvalue weighted by Crippen LogP contribution is -2.39. The maximum atomic E-state index is 13.0. The Balaban J connectivity index is 1.54. The first-order valence-corrected chi connectivity index (χ1v) is 11.2. The molecule has 1 aromatic heterocycles. The number of aromatic nitrogens is 3. The number of piperidine rings is 1. The minimum absolute atomic E-state index is 0.104. The van der Waals surface area contributed by atoms with Gasteiger partial charge in [0, 0.05) is 26.2 Å². The molecule has 9 nitrogen and oxygen atoms in total. The van der Waals surface area contributed by atoms with Crippen LogP contribution in [-0.2, 0) is 14.8 Å². The van der Waals surface area contributed by atoms with E-state index in [2.05, 4.69) is 17.2 Å². The minimum Gasteiger partial charge on any atom is -0.385 e. The molecule has 2 fully saturated rings. The second-order valence-corrected chi connectivity index (χ2v) is 9.52. The molecule has 0 aliphatic carbocycles. The van der Waals surface area contributed by atoms with E-state index >= 15 is 0 Å². The molecule has 1 aromatic carbocycles. The standard InChI is InChI=1S/C18H25N5O4S/c1-14-5-4-10-22(12-14)28(25,26)15-6-7-16-17(11-15)23(20-19-16)27-13-18(24)21-8-2-3-9-21/h6-7,11,14H,2-5,8-10,12-13H2,1H3/t14-/m1/s1. The van der Waals surface area contributed by atoms with Gasteiger partial charge in [0.1, 0.15) is 11.0 Å². The van der Waals surface area contributed by atoms with E-state index in [4.69, 9.17) is 4.84 Å². The first-order valence-electron chi connectivity index (χ1n) is 9.72. The molecule has 0 unspecified atom stereocenters. The molecule has 0 saturated carbocycles. The maximum absolute atomic E-state index is 13.0. The summed E-state index contributed by atoms with van der Waals surface area (Å²) in [5.74, 6) is 0.242. The van der Waals surface area contributed by atoms with Crippen molar-refractivity contribution in [1.82, 2.24) is 24.4 Å². The van der Waals surface area contributed by atoms with Crippen molar-refractivity contribution in [2.24, 2.45) is 5.92 Å². The van der Waals surface area contributed by atoms with Crippen molar-refractivity contribution >= 4 is 27.0 Å². The molecular weight excluding hydrogens is 382 g/mol. The van der Waals surface area contributed by atoms with Crippen molar-refractivity contribution in [3.8, 4) is 0 Å². The van der Waals surface area contributed by atoms with Crippen LogP contribution < -0.4 is 4.84 Å². The molecule has 1 atom stereocenters. The van der Waals surface area contributed by atoms with Crippen LogP contribution in [0.5, 0.6) is 0 Å². The van der Waals surface area contributed by atoms with Crippen LogP contribution in [0.15, 0.2) is 23.1 Å². The molecule has 2 aliphatic heterocycles. The van der Waals surface area contributed by atoms with Crippen LogP contribution in [-0.4, -0.2) is 71.5 Å². The van der Waals surface area contributed by atoms with Gasteiger partial charge in [-0.05, 0) is 55.0 Å². The van der Waals surface area contributed by atoms with E-state index in [0.29, 0.717) is 30.0 Å². The van der Waals surface area contributed by atoms with Crippen LogP contribution in [0.1, 0.15) is 32.6 Å². The summed E-state index contributed by atoms with van der Waals surface area (Å²) in [7, 11) is -3.59. The molecule has 0 spiro atoms. The summed E-state index contributed by atoms with van der Waals surface area (Å²) in [6.45, 7) is 4.46. The fourth-order valence-corrected chi connectivity index (χ4v) is 5.44. The molecule has 2 saturated heterocycles. The smallest absolute Gasteiger partial charge is 0.263 e. The lowest BCUT2D eigenvalue weighted by Gasteiger charge is -2.30. The summed E-state index contributed by atoms with van der Waals surface area (Å²) in [5, 5.41) is 7.90. The summed E-state index contributed by atoms with van der Waals surface area (Å²) >= 11 is 0. The lowest BCUT2D eigenvalue weighted by molar-refractivity contribution is -0.135. The Hall–Kier alpha value is -2.20. The fourth-order valence-electron chi connectivity index (χ4n) is 3.82. The molecule has 10 heteroatoms. The summed E-state index contributed by atoms with van der Waals surface area (Å²) in [5.41, 5.74) is 0.944. The van der Waals surface area contributed by atoms with Gasteiger partial charge in [0.15, 0.2) is 6.61 Å². The van der Waals surface area contributed by atoms with Crippen LogP contribution in [0.2, 0.25) is 0 Å². The quantitative estimate of drug-likeness (QED) is 0.731. The first-order chi connectivity index (χ1) is 13.4. The highest BCUT2D eigenvalue weighted by molar-refractivity contribution is 7.89. The van der Waals surface area contributed by atoms with Gasteiger partial charge in [-0.2, -0.15) is 4.31 Å². The van der Waals surface area contributed by atoms with E-state index in [1.807, 2.05) is 0 Å². The molecule has 0 bridgehead atoms. The van der Waals surface area contributed by atoms with Crippen molar-refractivity contribution in [3.63, 3.8) is 0 Å². The van der Waals surface area contributed by atoms with E-state index in [0.717, 1.165) is 43.6 Å². The summed E-state index contributed by atoms with van der Waals surface area (Å²) in [6, 6.07) is 4.68. The summed E-state index contributed by atoms with van der Waals surface area (Å²) in [4.78, 5) is 20.8. The highest BCUT2D eigenvalue weighted by Crippen LogP contribution is 2.25. The molecule has 28 heavy (non-hydrogen) atoms. The van der Waals surface area contributed by atoms with Crippen molar-refractivity contribution in [2.45, 2.75) is 37.5 Å². The highest BCUT2D eigenvalue weighted by atomic mass is 32.2. The van der Waals surface area contributed by atoms with Gasteiger partial charge in [-0.1, -0.05) is 11.8 Å². The van der Waals surface area contributed by atoms with Crippen LogP contribution in [0.3, 0.4) is 0 Å². The second kappa shape index (κ2) is 7.67. The molecule has 4 rings (SSSR count). The van der Waals surface area contributed by atoms with E-state index < -0.39 is 10.0 Å². The van der Waals surface area contributed by atoms with E-state index in [1.165, 1.54) is 10.4 Å². The van der Waals surface area contributed by atoms with Crippen LogP contribution in [0.25, 0.3) is 11.0 Å². The molecule has 3 heterocycles. The van der Waals surface area contributed by atoms with Crippen molar-refractivity contribution in [1.29, 1.82) is 0 Å². The number of carbonyl (C=O) groups excluding carboxylic acids is 1. The zero-order chi connectivity index (χ0) is 19.7. The topological polar surface area (TPSA) is 97.6 Å². The number of carbonyl (C=O) groups is 1. The highest BCUT2D eigenvalue weighted by Gasteiger charge is 2.29. The third-order valence-electron chi connectivity index (χ3n) is 5.41. The molecule has 0 radical (unpaired) electrons. The van der Waals surface area contributed by atoms with Crippen LogP contribution in [0.4, 0.5) is 0 Å². The predicted octanol–water partition coefficient (Wildman–Crippen LogP) is 0.903. The number of hydrogen-bond donors (Lipinski definition) is 0. The lowest BCUT2D eigenvalue weighted by atomic mass is 10.0. The largest absolute Gasteiger partial charge is 0.385 e. The average molecular weight is 407 g/mol. The summed E-state index contributed by atoms with van der Waals surface area (Å²) < 4.78 is 27.6. The van der Waals surface area contributed by atoms with Gasteiger partial charge in [0.05, 0.1) is 4.90 Å². The number of rotatable bonds is 5. The van der Waals surface area contributed by atoms with E-state index in [-0.39, 0.29) is 17.4 Å². The Morgan fingerprint density at radius 2 is 2.00 bits per heavy atom. The maximum Gasteiger partial charge on any atom is 0.263 e. The summed E-state index contributed by atoms with van der Waals surface area (Å²) in [6.07, 6.45) is 3.92. The number of hydrogen-bond acceptors (Lipinski definition) is 6. The van der Waals surface area contributed by atoms with Gasteiger partial charge < -0.3 is 9.74 Å². The molecule has 152 valence electrons. The van der Waals surface area contributed by atoms with Crippen molar-refractivity contribution < 1.29 is 18.0 Å². The second-order valence-electron chi connectivity index (χ2n) is 7.58. The normalized spacial score (nSPS) is 21.3. The Bertz CT molecular complexity index is 968. The number of sulfonamides is 1. The third kappa shape index (κ3) is 3.70. The Labute approximate surface area is 164 Å². The Kier molecular flexibility index (Phi) is 5.24. The SMILES string of the molecule is C[C@@H]1CCCN(S(=O)(=O)c2ccc3nnn(OCC(=O)N4CCCC4)c3c2)C1. The molecule has 1 amide bonds. The van der Waals surface area contributed by atoms with Crippen molar-refractivity contribution in [2.75, 3.05) is 32.8 Å². The Morgan fingerprint density at radius 3 is 2.75 bits per heavy atom. The number of amides is 1. The molecule has 0 N–H and O–H groups in total. The van der Waals surface area contributed by atoms with Gasteiger partial charge in [0.25, 0.3) is 5.91 Å². The average Bonchev–Trinajstić information content (AvgIpc) is 3.36.